The van der Waals surface area contributed by atoms with Crippen LogP contribution in [0.25, 0.3) is 0 Å². The van der Waals surface area contributed by atoms with Crippen LogP contribution in [0.2, 0.25) is 0 Å². The Hall–Kier alpha value is -1.20. The molecule has 0 saturated heterocycles. The standard InChI is InChI=1S/C15H23F2NO2/c1-3-9-20-13-7-5-12(6-8-13)14(18-4-2)10-19-11-15(16)17/h5-8,14-15,18H,3-4,9-11H2,1-2H3. The van der Waals surface area contributed by atoms with E-state index in [1.54, 1.807) is 0 Å². The predicted octanol–water partition coefficient (Wildman–Crippen LogP) is 3.41. The lowest BCUT2D eigenvalue weighted by Gasteiger charge is -2.19. The van der Waals surface area contributed by atoms with Gasteiger partial charge in [0.15, 0.2) is 0 Å². The van der Waals surface area contributed by atoms with Crippen molar-refractivity contribution in [3.05, 3.63) is 29.8 Å². The highest BCUT2D eigenvalue weighted by molar-refractivity contribution is 5.29. The molecular formula is C15H23F2NO2. The molecule has 3 nitrogen and oxygen atoms in total. The van der Waals surface area contributed by atoms with Gasteiger partial charge in [0.2, 0.25) is 0 Å². The lowest BCUT2D eigenvalue weighted by atomic mass is 10.1. The molecule has 0 radical (unpaired) electrons. The smallest absolute Gasteiger partial charge is 0.261 e. The number of likely N-dealkylation sites (N-methyl/N-ethyl adjacent to an activating group) is 1. The summed E-state index contributed by atoms with van der Waals surface area (Å²) in [4.78, 5) is 0. The van der Waals surface area contributed by atoms with Crippen molar-refractivity contribution in [1.82, 2.24) is 5.32 Å². The number of benzene rings is 1. The summed E-state index contributed by atoms with van der Waals surface area (Å²) in [5.74, 6) is 0.819. The summed E-state index contributed by atoms with van der Waals surface area (Å²) < 4.78 is 34.7. The Morgan fingerprint density at radius 3 is 2.35 bits per heavy atom. The maximum absolute atomic E-state index is 12.1. The van der Waals surface area contributed by atoms with E-state index in [1.807, 2.05) is 31.2 Å². The Labute approximate surface area is 119 Å². The first-order valence-electron chi connectivity index (χ1n) is 6.99. The molecule has 5 heteroatoms. The number of ether oxygens (including phenoxy) is 2. The molecule has 1 rings (SSSR count). The van der Waals surface area contributed by atoms with Crippen molar-refractivity contribution in [3.63, 3.8) is 0 Å². The van der Waals surface area contributed by atoms with Crippen molar-refractivity contribution in [1.29, 1.82) is 0 Å². The molecule has 0 aromatic heterocycles. The van der Waals surface area contributed by atoms with Crippen LogP contribution in [0.1, 0.15) is 31.9 Å². The second-order valence-corrected chi connectivity index (χ2v) is 4.46. The minimum atomic E-state index is -2.43. The lowest BCUT2D eigenvalue weighted by molar-refractivity contribution is 0.00934. The van der Waals surface area contributed by atoms with E-state index in [0.29, 0.717) is 6.61 Å². The van der Waals surface area contributed by atoms with Gasteiger partial charge in [0.25, 0.3) is 6.43 Å². The summed E-state index contributed by atoms with van der Waals surface area (Å²) in [5.41, 5.74) is 1.00. The average Bonchev–Trinajstić information content (AvgIpc) is 2.44. The Morgan fingerprint density at radius 2 is 1.80 bits per heavy atom. The summed E-state index contributed by atoms with van der Waals surface area (Å²) in [7, 11) is 0. The van der Waals surface area contributed by atoms with Crippen molar-refractivity contribution in [2.24, 2.45) is 0 Å². The second kappa shape index (κ2) is 9.66. The van der Waals surface area contributed by atoms with Gasteiger partial charge in [0.05, 0.1) is 19.3 Å². The van der Waals surface area contributed by atoms with E-state index in [0.717, 1.165) is 24.3 Å². The van der Waals surface area contributed by atoms with E-state index in [-0.39, 0.29) is 12.6 Å². The molecule has 0 amide bonds. The predicted molar refractivity (Wildman–Crippen MR) is 75.5 cm³/mol. The van der Waals surface area contributed by atoms with Crippen LogP contribution < -0.4 is 10.1 Å². The second-order valence-electron chi connectivity index (χ2n) is 4.46. The molecule has 0 saturated carbocycles. The van der Waals surface area contributed by atoms with Gasteiger partial charge in [-0.25, -0.2) is 8.78 Å². The molecular weight excluding hydrogens is 264 g/mol. The van der Waals surface area contributed by atoms with Crippen LogP contribution in [-0.4, -0.2) is 32.8 Å². The molecule has 20 heavy (non-hydrogen) atoms. The van der Waals surface area contributed by atoms with Crippen LogP contribution in [0, 0.1) is 0 Å². The highest BCUT2D eigenvalue weighted by Gasteiger charge is 2.12. The molecule has 1 atom stereocenters. The van der Waals surface area contributed by atoms with E-state index in [4.69, 9.17) is 9.47 Å². The van der Waals surface area contributed by atoms with Gasteiger partial charge in [-0.1, -0.05) is 26.0 Å². The van der Waals surface area contributed by atoms with Gasteiger partial charge in [0.1, 0.15) is 12.4 Å². The van der Waals surface area contributed by atoms with E-state index in [9.17, 15) is 8.78 Å². The molecule has 1 unspecified atom stereocenters. The SMILES string of the molecule is CCCOc1ccc(C(COCC(F)F)NCC)cc1. The minimum Gasteiger partial charge on any atom is -0.494 e. The molecule has 114 valence electrons. The number of rotatable bonds is 10. The van der Waals surface area contributed by atoms with Crippen LogP contribution in [0.3, 0.4) is 0 Å². The number of halogens is 2. The first-order valence-corrected chi connectivity index (χ1v) is 6.99. The van der Waals surface area contributed by atoms with Crippen LogP contribution >= 0.6 is 0 Å². The average molecular weight is 287 g/mol. The fourth-order valence-corrected chi connectivity index (χ4v) is 1.81. The van der Waals surface area contributed by atoms with Crippen molar-refractivity contribution < 1.29 is 18.3 Å². The number of nitrogens with one attached hydrogen (secondary N) is 1. The summed E-state index contributed by atoms with van der Waals surface area (Å²) in [6, 6.07) is 7.57. The first kappa shape index (κ1) is 16.9. The highest BCUT2D eigenvalue weighted by atomic mass is 19.3. The van der Waals surface area contributed by atoms with Gasteiger partial charge in [-0.3, -0.25) is 0 Å². The fraction of sp³-hybridized carbons (Fsp3) is 0.600. The molecule has 0 heterocycles. The van der Waals surface area contributed by atoms with Crippen molar-refractivity contribution >= 4 is 0 Å². The van der Waals surface area contributed by atoms with E-state index in [1.165, 1.54) is 0 Å². The summed E-state index contributed by atoms with van der Waals surface area (Å²) in [6.45, 7) is 5.16. The summed E-state index contributed by atoms with van der Waals surface area (Å²) >= 11 is 0. The molecule has 0 spiro atoms. The number of hydrogen-bond acceptors (Lipinski definition) is 3. The zero-order valence-corrected chi connectivity index (χ0v) is 12.1. The summed E-state index contributed by atoms with van der Waals surface area (Å²) in [6.07, 6.45) is -1.47. The Bertz CT molecular complexity index is 357. The van der Waals surface area contributed by atoms with Crippen molar-refractivity contribution in [3.8, 4) is 5.75 Å². The fourth-order valence-electron chi connectivity index (χ4n) is 1.81. The third kappa shape index (κ3) is 6.30. The van der Waals surface area contributed by atoms with Crippen molar-refractivity contribution in [2.45, 2.75) is 32.7 Å². The van der Waals surface area contributed by atoms with Gasteiger partial charge in [0, 0.05) is 0 Å². The molecule has 1 aromatic rings. The van der Waals surface area contributed by atoms with E-state index in [2.05, 4.69) is 12.2 Å². The monoisotopic (exact) mass is 287 g/mol. The van der Waals surface area contributed by atoms with Gasteiger partial charge >= 0.3 is 0 Å². The largest absolute Gasteiger partial charge is 0.494 e. The number of alkyl halides is 2. The number of hydrogen-bond donors (Lipinski definition) is 1. The maximum Gasteiger partial charge on any atom is 0.261 e. The third-order valence-corrected chi connectivity index (χ3v) is 2.73. The zero-order valence-electron chi connectivity index (χ0n) is 12.1. The minimum absolute atomic E-state index is 0.0843. The quantitative estimate of drug-likeness (QED) is 0.715. The van der Waals surface area contributed by atoms with Crippen LogP contribution in [-0.2, 0) is 4.74 Å². The normalized spacial score (nSPS) is 12.7. The lowest BCUT2D eigenvalue weighted by Crippen LogP contribution is -2.26. The Balaban J connectivity index is 2.56. The Morgan fingerprint density at radius 1 is 1.10 bits per heavy atom. The van der Waals surface area contributed by atoms with Gasteiger partial charge in [-0.15, -0.1) is 0 Å². The molecule has 1 N–H and O–H groups in total. The molecule has 0 fully saturated rings. The van der Waals surface area contributed by atoms with Crippen LogP contribution in [0.15, 0.2) is 24.3 Å². The van der Waals surface area contributed by atoms with Crippen LogP contribution in [0.4, 0.5) is 8.78 Å². The zero-order chi connectivity index (χ0) is 14.8. The Kier molecular flexibility index (Phi) is 8.14. The third-order valence-electron chi connectivity index (χ3n) is 2.73. The highest BCUT2D eigenvalue weighted by Crippen LogP contribution is 2.18. The molecule has 0 bridgehead atoms. The molecule has 0 aliphatic carbocycles. The topological polar surface area (TPSA) is 30.5 Å². The maximum atomic E-state index is 12.1. The van der Waals surface area contributed by atoms with Gasteiger partial charge < -0.3 is 14.8 Å². The van der Waals surface area contributed by atoms with Crippen molar-refractivity contribution in [2.75, 3.05) is 26.4 Å². The van der Waals surface area contributed by atoms with E-state index < -0.39 is 13.0 Å². The molecule has 0 aliphatic rings. The summed E-state index contributed by atoms with van der Waals surface area (Å²) in [5, 5.41) is 3.22. The molecule has 1 aromatic carbocycles. The first-order chi connectivity index (χ1) is 9.67. The van der Waals surface area contributed by atoms with Gasteiger partial charge in [-0.2, -0.15) is 0 Å². The van der Waals surface area contributed by atoms with E-state index >= 15 is 0 Å². The van der Waals surface area contributed by atoms with Gasteiger partial charge in [-0.05, 0) is 30.7 Å². The molecule has 0 aliphatic heterocycles. The van der Waals surface area contributed by atoms with Crippen LogP contribution in [0.5, 0.6) is 5.75 Å².